The summed E-state index contributed by atoms with van der Waals surface area (Å²) < 4.78 is 5.22. The van der Waals surface area contributed by atoms with Gasteiger partial charge in [0.05, 0.1) is 13.2 Å². The van der Waals surface area contributed by atoms with E-state index in [0.717, 1.165) is 23.4 Å². The smallest absolute Gasteiger partial charge is 0.119 e. The maximum Gasteiger partial charge on any atom is 0.119 e. The van der Waals surface area contributed by atoms with Gasteiger partial charge in [-0.3, -0.25) is 0 Å². The summed E-state index contributed by atoms with van der Waals surface area (Å²) in [5.74, 6) is 0.873. The molecule has 0 saturated carbocycles. The highest BCUT2D eigenvalue weighted by Crippen LogP contribution is 2.25. The molecule has 23 heavy (non-hydrogen) atoms. The second-order valence-electron chi connectivity index (χ2n) is 5.96. The highest BCUT2D eigenvalue weighted by atomic mass is 16.5. The van der Waals surface area contributed by atoms with E-state index in [1.54, 1.807) is 7.11 Å². The zero-order chi connectivity index (χ0) is 16.7. The molecule has 2 nitrogen and oxygen atoms in total. The van der Waals surface area contributed by atoms with Gasteiger partial charge in [0.15, 0.2) is 0 Å². The number of rotatable bonds is 8. The average molecular weight is 309 g/mol. The molecule has 1 unspecified atom stereocenters. The van der Waals surface area contributed by atoms with E-state index in [9.17, 15) is 0 Å². The van der Waals surface area contributed by atoms with Crippen molar-refractivity contribution in [1.82, 2.24) is 0 Å². The average Bonchev–Trinajstić information content (AvgIpc) is 2.59. The van der Waals surface area contributed by atoms with Crippen molar-refractivity contribution in [2.75, 3.05) is 12.4 Å². The van der Waals surface area contributed by atoms with Crippen molar-refractivity contribution in [2.24, 2.45) is 0 Å². The molecule has 122 valence electrons. The molecule has 0 bridgehead atoms. The number of unbranched alkanes of at least 4 members (excludes halogenated alkanes) is 1. The molecule has 0 saturated heterocycles. The van der Waals surface area contributed by atoms with Crippen molar-refractivity contribution in [3.63, 3.8) is 0 Å². The summed E-state index contributed by atoms with van der Waals surface area (Å²) in [6, 6.07) is 16.9. The summed E-state index contributed by atoms with van der Waals surface area (Å²) in [6.07, 6.45) is 3.44. The summed E-state index contributed by atoms with van der Waals surface area (Å²) in [5.41, 5.74) is 4.72. The Morgan fingerprint density at radius 1 is 1.09 bits per heavy atom. The van der Waals surface area contributed by atoms with E-state index in [0.29, 0.717) is 0 Å². The molecule has 0 aliphatic rings. The van der Waals surface area contributed by atoms with Gasteiger partial charge in [-0.05, 0) is 48.7 Å². The van der Waals surface area contributed by atoms with Crippen molar-refractivity contribution in [3.8, 4) is 5.75 Å². The van der Waals surface area contributed by atoms with E-state index in [1.807, 2.05) is 12.1 Å². The standard InChI is InChI=1S/C21H27NO/c1-5-6-7-21(17(3)18-10-8-16(2)9-11-18)22-19-12-14-20(23-4)15-13-19/h8-15,21-22H,3,5-7H2,1-2,4H3. The number of methoxy groups -OCH3 is 1. The third kappa shape index (κ3) is 4.88. The van der Waals surface area contributed by atoms with Gasteiger partial charge in [0, 0.05) is 5.69 Å². The number of ether oxygens (including phenoxy) is 1. The van der Waals surface area contributed by atoms with Crippen molar-refractivity contribution in [1.29, 1.82) is 0 Å². The minimum Gasteiger partial charge on any atom is -0.497 e. The molecular weight excluding hydrogens is 282 g/mol. The van der Waals surface area contributed by atoms with Crippen LogP contribution >= 0.6 is 0 Å². The topological polar surface area (TPSA) is 21.3 Å². The minimum atomic E-state index is 0.242. The quantitative estimate of drug-likeness (QED) is 0.676. The van der Waals surface area contributed by atoms with Crippen LogP contribution in [0.5, 0.6) is 5.75 Å². The highest BCUT2D eigenvalue weighted by Gasteiger charge is 2.14. The van der Waals surface area contributed by atoms with E-state index in [-0.39, 0.29) is 6.04 Å². The zero-order valence-electron chi connectivity index (χ0n) is 14.4. The minimum absolute atomic E-state index is 0.242. The summed E-state index contributed by atoms with van der Waals surface area (Å²) in [5, 5.41) is 3.62. The van der Waals surface area contributed by atoms with Crippen molar-refractivity contribution < 1.29 is 4.74 Å². The number of nitrogens with one attached hydrogen (secondary N) is 1. The van der Waals surface area contributed by atoms with Crippen LogP contribution in [0.2, 0.25) is 0 Å². The predicted octanol–water partition coefficient (Wildman–Crippen LogP) is 5.69. The largest absolute Gasteiger partial charge is 0.497 e. The number of hydrogen-bond donors (Lipinski definition) is 1. The number of anilines is 1. The number of aryl methyl sites for hydroxylation is 1. The zero-order valence-corrected chi connectivity index (χ0v) is 14.4. The SMILES string of the molecule is C=C(c1ccc(C)cc1)C(CCCC)Nc1ccc(OC)cc1. The van der Waals surface area contributed by atoms with Crippen LogP contribution in [0.3, 0.4) is 0 Å². The Morgan fingerprint density at radius 3 is 2.30 bits per heavy atom. The second-order valence-corrected chi connectivity index (χ2v) is 5.96. The van der Waals surface area contributed by atoms with Gasteiger partial charge >= 0.3 is 0 Å². The normalized spacial score (nSPS) is 11.8. The molecule has 0 fully saturated rings. The molecule has 0 aliphatic carbocycles. The van der Waals surface area contributed by atoms with Gasteiger partial charge in [0.25, 0.3) is 0 Å². The Kier molecular flexibility index (Phi) is 6.28. The maximum atomic E-state index is 5.22. The molecule has 2 aromatic rings. The van der Waals surface area contributed by atoms with E-state index < -0.39 is 0 Å². The molecule has 0 heterocycles. The van der Waals surface area contributed by atoms with Crippen LogP contribution in [0.1, 0.15) is 37.3 Å². The number of hydrogen-bond acceptors (Lipinski definition) is 2. The van der Waals surface area contributed by atoms with Crippen LogP contribution in [0, 0.1) is 6.92 Å². The molecule has 0 aromatic heterocycles. The molecule has 2 aromatic carbocycles. The van der Waals surface area contributed by atoms with Gasteiger partial charge in [-0.2, -0.15) is 0 Å². The molecule has 0 radical (unpaired) electrons. The van der Waals surface area contributed by atoms with E-state index >= 15 is 0 Å². The third-order valence-corrected chi connectivity index (χ3v) is 4.12. The summed E-state index contributed by atoms with van der Waals surface area (Å²) in [4.78, 5) is 0. The molecule has 0 amide bonds. The maximum absolute atomic E-state index is 5.22. The lowest BCUT2D eigenvalue weighted by atomic mass is 9.95. The highest BCUT2D eigenvalue weighted by molar-refractivity contribution is 5.71. The Hall–Kier alpha value is -2.22. The van der Waals surface area contributed by atoms with E-state index in [4.69, 9.17) is 4.74 Å². The molecule has 0 aliphatic heterocycles. The summed E-state index contributed by atoms with van der Waals surface area (Å²) in [6.45, 7) is 8.68. The van der Waals surface area contributed by atoms with E-state index in [2.05, 4.69) is 62.1 Å². The van der Waals surface area contributed by atoms with Crippen LogP contribution < -0.4 is 10.1 Å². The van der Waals surface area contributed by atoms with Gasteiger partial charge in [0.1, 0.15) is 5.75 Å². The lowest BCUT2D eigenvalue weighted by Gasteiger charge is -2.23. The van der Waals surface area contributed by atoms with Crippen LogP contribution in [0.15, 0.2) is 55.1 Å². The monoisotopic (exact) mass is 309 g/mol. The first kappa shape index (κ1) is 17.1. The van der Waals surface area contributed by atoms with Crippen molar-refractivity contribution in [2.45, 2.75) is 39.2 Å². The van der Waals surface area contributed by atoms with Gasteiger partial charge in [-0.25, -0.2) is 0 Å². The Morgan fingerprint density at radius 2 is 1.74 bits per heavy atom. The molecule has 0 spiro atoms. The van der Waals surface area contributed by atoms with Gasteiger partial charge < -0.3 is 10.1 Å². The van der Waals surface area contributed by atoms with Crippen LogP contribution in [-0.2, 0) is 0 Å². The van der Waals surface area contributed by atoms with E-state index in [1.165, 1.54) is 24.0 Å². The van der Waals surface area contributed by atoms with Crippen molar-refractivity contribution >= 4 is 11.3 Å². The predicted molar refractivity (Wildman–Crippen MR) is 100 cm³/mol. The fourth-order valence-electron chi connectivity index (χ4n) is 2.60. The third-order valence-electron chi connectivity index (χ3n) is 4.12. The van der Waals surface area contributed by atoms with Crippen LogP contribution in [-0.4, -0.2) is 13.2 Å². The lowest BCUT2D eigenvalue weighted by Crippen LogP contribution is -2.21. The molecule has 2 rings (SSSR count). The summed E-state index contributed by atoms with van der Waals surface area (Å²) >= 11 is 0. The molecule has 1 atom stereocenters. The Bertz CT molecular complexity index is 613. The fraction of sp³-hybridized carbons (Fsp3) is 0.333. The fourth-order valence-corrected chi connectivity index (χ4v) is 2.60. The molecule has 1 N–H and O–H groups in total. The first-order valence-corrected chi connectivity index (χ1v) is 8.30. The lowest BCUT2D eigenvalue weighted by molar-refractivity contribution is 0.415. The second kappa shape index (κ2) is 8.42. The summed E-state index contributed by atoms with van der Waals surface area (Å²) in [7, 11) is 1.69. The molecule has 2 heteroatoms. The van der Waals surface area contributed by atoms with Crippen LogP contribution in [0.4, 0.5) is 5.69 Å². The number of benzene rings is 2. The van der Waals surface area contributed by atoms with Gasteiger partial charge in [-0.1, -0.05) is 56.2 Å². The van der Waals surface area contributed by atoms with Gasteiger partial charge in [-0.15, -0.1) is 0 Å². The Labute approximate surface area is 140 Å². The van der Waals surface area contributed by atoms with Crippen molar-refractivity contribution in [3.05, 3.63) is 66.2 Å². The Balaban J connectivity index is 2.14. The van der Waals surface area contributed by atoms with Gasteiger partial charge in [0.2, 0.25) is 0 Å². The van der Waals surface area contributed by atoms with Crippen LogP contribution in [0.25, 0.3) is 5.57 Å². The first-order chi connectivity index (χ1) is 11.1. The first-order valence-electron chi connectivity index (χ1n) is 8.30. The molecular formula is C21H27NO.